The molecule has 0 saturated heterocycles. The van der Waals surface area contributed by atoms with E-state index < -0.39 is 35.6 Å². The molecule has 1 N–H and O–H groups in total. The van der Waals surface area contributed by atoms with E-state index in [0.717, 1.165) is 0 Å². The first-order valence-corrected chi connectivity index (χ1v) is 4.52. The molecule has 1 aromatic rings. The first-order valence-electron chi connectivity index (χ1n) is 3.99. The predicted molar refractivity (Wildman–Crippen MR) is 47.4 cm³/mol. The molecule has 94 valence electrons. The molecule has 0 spiro atoms. The smallest absolute Gasteiger partial charge is 0.477 e. The number of hydrogen-bond donors (Lipinski definition) is 1. The molecule has 0 aliphatic carbocycles. The zero-order chi connectivity index (χ0) is 13.2. The monoisotopic (exact) mass is 273 g/mol. The van der Waals surface area contributed by atoms with E-state index in [1.165, 1.54) is 0 Å². The van der Waals surface area contributed by atoms with Gasteiger partial charge in [0.1, 0.15) is 5.56 Å². The second-order valence-electron chi connectivity index (χ2n) is 2.78. The molecule has 0 amide bonds. The number of pyridine rings is 1. The lowest BCUT2D eigenvalue weighted by atomic mass is 10.2. The lowest BCUT2D eigenvalue weighted by molar-refractivity contribution is -0.276. The zero-order valence-electron chi connectivity index (χ0n) is 7.89. The Kier molecular flexibility index (Phi) is 3.76. The van der Waals surface area contributed by atoms with E-state index in [1.807, 2.05) is 0 Å². The maximum atomic E-state index is 13.0. The molecule has 0 unspecified atom stereocenters. The third-order valence-electron chi connectivity index (χ3n) is 1.60. The molecule has 4 nitrogen and oxygen atoms in total. The highest BCUT2D eigenvalue weighted by molar-refractivity contribution is 6.17. The molecule has 0 aliphatic rings. The van der Waals surface area contributed by atoms with E-state index in [1.54, 1.807) is 0 Å². The Bertz CT molecular complexity index is 449. The maximum absolute atomic E-state index is 13.0. The Morgan fingerprint density at radius 1 is 1.53 bits per heavy atom. The van der Waals surface area contributed by atoms with E-state index in [0.29, 0.717) is 6.07 Å². The number of rotatable bonds is 3. The van der Waals surface area contributed by atoms with Crippen LogP contribution in [-0.4, -0.2) is 22.4 Å². The summed E-state index contributed by atoms with van der Waals surface area (Å²) in [6.07, 6.45) is -5.16. The molecular formula is C8H4ClF4NO3. The van der Waals surface area contributed by atoms with Crippen LogP contribution in [0.25, 0.3) is 0 Å². The Hall–Kier alpha value is -1.57. The van der Waals surface area contributed by atoms with Crippen LogP contribution in [-0.2, 0) is 5.88 Å². The predicted octanol–water partition coefficient (Wildman–Crippen LogP) is 2.56. The fourth-order valence-electron chi connectivity index (χ4n) is 0.951. The normalized spacial score (nSPS) is 11.4. The van der Waals surface area contributed by atoms with Crippen LogP contribution < -0.4 is 4.74 Å². The molecule has 0 saturated carbocycles. The number of carbonyl (C=O) groups is 1. The average molecular weight is 274 g/mol. The van der Waals surface area contributed by atoms with Gasteiger partial charge in [0.05, 0.1) is 5.88 Å². The minimum Gasteiger partial charge on any atom is -0.477 e. The Morgan fingerprint density at radius 3 is 2.53 bits per heavy atom. The highest BCUT2D eigenvalue weighted by Gasteiger charge is 2.34. The number of ether oxygens (including phenoxy) is 1. The van der Waals surface area contributed by atoms with Crippen LogP contribution in [0.15, 0.2) is 6.07 Å². The lowest BCUT2D eigenvalue weighted by Gasteiger charge is -2.11. The van der Waals surface area contributed by atoms with E-state index in [-0.39, 0.29) is 5.56 Å². The summed E-state index contributed by atoms with van der Waals surface area (Å²) in [5, 5.41) is 8.62. The van der Waals surface area contributed by atoms with Crippen molar-refractivity contribution < 1.29 is 32.2 Å². The fourth-order valence-corrected chi connectivity index (χ4v) is 1.14. The van der Waals surface area contributed by atoms with Crippen molar-refractivity contribution in [1.29, 1.82) is 0 Å². The lowest BCUT2D eigenvalue weighted by Crippen LogP contribution is -2.20. The maximum Gasteiger partial charge on any atom is 0.574 e. The standard InChI is InChI=1S/C8H4ClF4NO3/c9-2-3-1-4(7(15)16)6(14-5(3)10)17-8(11,12)13/h1H,2H2,(H,15,16). The fraction of sp³-hybridized carbons (Fsp3) is 0.250. The van der Waals surface area contributed by atoms with Gasteiger partial charge in [-0.3, -0.25) is 0 Å². The summed E-state index contributed by atoms with van der Waals surface area (Å²) in [7, 11) is 0. The molecular weight excluding hydrogens is 270 g/mol. The van der Waals surface area contributed by atoms with Gasteiger partial charge in [-0.25, -0.2) is 4.79 Å². The quantitative estimate of drug-likeness (QED) is 0.522. The van der Waals surface area contributed by atoms with Gasteiger partial charge in [-0.05, 0) is 6.07 Å². The number of carboxylic acid groups (broad SMARTS) is 1. The van der Waals surface area contributed by atoms with Gasteiger partial charge < -0.3 is 9.84 Å². The van der Waals surface area contributed by atoms with Crippen LogP contribution in [0.5, 0.6) is 5.88 Å². The second kappa shape index (κ2) is 4.74. The molecule has 0 radical (unpaired) electrons. The summed E-state index contributed by atoms with van der Waals surface area (Å²) >= 11 is 5.26. The summed E-state index contributed by atoms with van der Waals surface area (Å²) < 4.78 is 52.0. The molecule has 0 aromatic carbocycles. The summed E-state index contributed by atoms with van der Waals surface area (Å²) in [6.45, 7) is 0. The van der Waals surface area contributed by atoms with Gasteiger partial charge in [-0.2, -0.15) is 9.37 Å². The van der Waals surface area contributed by atoms with Crippen molar-refractivity contribution in [1.82, 2.24) is 4.98 Å². The van der Waals surface area contributed by atoms with E-state index >= 15 is 0 Å². The first kappa shape index (κ1) is 13.5. The minimum atomic E-state index is -5.16. The third kappa shape index (κ3) is 3.45. The SMILES string of the molecule is O=C(O)c1cc(CCl)c(F)nc1OC(F)(F)F. The van der Waals surface area contributed by atoms with Crippen molar-refractivity contribution in [2.75, 3.05) is 0 Å². The van der Waals surface area contributed by atoms with Crippen LogP contribution in [0.4, 0.5) is 17.6 Å². The average Bonchev–Trinajstić information content (AvgIpc) is 2.14. The molecule has 1 rings (SSSR count). The van der Waals surface area contributed by atoms with E-state index in [4.69, 9.17) is 16.7 Å². The van der Waals surface area contributed by atoms with Crippen molar-refractivity contribution >= 4 is 17.6 Å². The Balaban J connectivity index is 3.28. The number of hydrogen-bond acceptors (Lipinski definition) is 3. The van der Waals surface area contributed by atoms with Crippen molar-refractivity contribution in [2.24, 2.45) is 0 Å². The highest BCUT2D eigenvalue weighted by Crippen LogP contribution is 2.26. The van der Waals surface area contributed by atoms with Crippen molar-refractivity contribution in [3.05, 3.63) is 23.1 Å². The van der Waals surface area contributed by atoms with Crippen LogP contribution in [0.2, 0.25) is 0 Å². The summed E-state index contributed by atoms with van der Waals surface area (Å²) in [5.41, 5.74) is -1.25. The molecule has 0 atom stereocenters. The molecule has 1 heterocycles. The van der Waals surface area contributed by atoms with Crippen molar-refractivity contribution in [3.63, 3.8) is 0 Å². The highest BCUT2D eigenvalue weighted by atomic mass is 35.5. The Labute approximate surface area is 96.8 Å². The summed E-state index contributed by atoms with van der Waals surface area (Å²) in [5.74, 6) is -4.84. The van der Waals surface area contributed by atoms with Crippen LogP contribution in [0.3, 0.4) is 0 Å². The van der Waals surface area contributed by atoms with E-state index in [2.05, 4.69) is 9.72 Å². The van der Waals surface area contributed by atoms with Gasteiger partial charge in [0.25, 0.3) is 0 Å². The number of halogens is 5. The first-order chi connectivity index (χ1) is 7.74. The van der Waals surface area contributed by atoms with Crippen LogP contribution >= 0.6 is 11.6 Å². The molecule has 17 heavy (non-hydrogen) atoms. The number of aromatic nitrogens is 1. The number of nitrogens with zero attached hydrogens (tertiary/aromatic N) is 1. The Morgan fingerprint density at radius 2 is 2.12 bits per heavy atom. The van der Waals surface area contributed by atoms with Gasteiger partial charge in [0.2, 0.25) is 11.8 Å². The number of carboxylic acids is 1. The van der Waals surface area contributed by atoms with Gasteiger partial charge in [0.15, 0.2) is 0 Å². The molecule has 9 heteroatoms. The van der Waals surface area contributed by atoms with Crippen molar-refractivity contribution in [2.45, 2.75) is 12.2 Å². The van der Waals surface area contributed by atoms with Crippen LogP contribution in [0, 0.1) is 5.95 Å². The van der Waals surface area contributed by atoms with Crippen LogP contribution in [0.1, 0.15) is 15.9 Å². The topological polar surface area (TPSA) is 59.4 Å². The van der Waals surface area contributed by atoms with Gasteiger partial charge in [-0.1, -0.05) is 0 Å². The summed E-state index contributed by atoms with van der Waals surface area (Å²) in [6, 6.07) is 0.638. The van der Waals surface area contributed by atoms with E-state index in [9.17, 15) is 22.4 Å². The van der Waals surface area contributed by atoms with Gasteiger partial charge >= 0.3 is 12.3 Å². The number of alkyl halides is 4. The molecule has 1 aromatic heterocycles. The largest absolute Gasteiger partial charge is 0.574 e. The molecule has 0 fully saturated rings. The minimum absolute atomic E-state index is 0.335. The number of aromatic carboxylic acids is 1. The zero-order valence-corrected chi connectivity index (χ0v) is 8.64. The van der Waals surface area contributed by atoms with Gasteiger partial charge in [0, 0.05) is 5.56 Å². The third-order valence-corrected chi connectivity index (χ3v) is 1.89. The van der Waals surface area contributed by atoms with Crippen molar-refractivity contribution in [3.8, 4) is 5.88 Å². The second-order valence-corrected chi connectivity index (χ2v) is 3.04. The van der Waals surface area contributed by atoms with Gasteiger partial charge in [-0.15, -0.1) is 24.8 Å². The summed E-state index contributed by atoms with van der Waals surface area (Å²) in [4.78, 5) is 13.4. The molecule has 0 aliphatic heterocycles. The molecule has 0 bridgehead atoms.